The van der Waals surface area contributed by atoms with Crippen LogP contribution in [0.15, 0.2) is 36.5 Å². The minimum atomic E-state index is -0.761. The van der Waals surface area contributed by atoms with Gasteiger partial charge in [-0.05, 0) is 25.0 Å². The number of carbonyl (C=O) groups is 3. The van der Waals surface area contributed by atoms with Gasteiger partial charge in [0.2, 0.25) is 11.6 Å². The van der Waals surface area contributed by atoms with E-state index in [-0.39, 0.29) is 29.8 Å². The van der Waals surface area contributed by atoms with Crippen LogP contribution in [0.1, 0.15) is 23.3 Å². The van der Waals surface area contributed by atoms with Crippen LogP contribution < -0.4 is 10.5 Å². The Hall–Kier alpha value is -3.36. The third-order valence-electron chi connectivity index (χ3n) is 4.62. The molecule has 2 N–H and O–H groups in total. The van der Waals surface area contributed by atoms with Crippen molar-refractivity contribution in [2.45, 2.75) is 12.8 Å². The van der Waals surface area contributed by atoms with Crippen LogP contribution in [0.25, 0.3) is 5.69 Å². The molecule has 1 aliphatic heterocycles. The molecule has 0 bridgehead atoms. The van der Waals surface area contributed by atoms with E-state index in [1.165, 1.54) is 16.7 Å². The first-order valence-electron chi connectivity index (χ1n) is 8.93. The molecule has 1 saturated heterocycles. The molecule has 0 unspecified atom stereocenters. The van der Waals surface area contributed by atoms with Crippen LogP contribution in [0, 0.1) is 5.92 Å². The summed E-state index contributed by atoms with van der Waals surface area (Å²) >= 11 is 0. The largest absolute Gasteiger partial charge is 0.493 e. The number of aromatic nitrogens is 2. The van der Waals surface area contributed by atoms with Crippen LogP contribution >= 0.6 is 0 Å². The molecule has 1 aliphatic rings. The highest BCUT2D eigenvalue weighted by atomic mass is 16.5. The number of amides is 2. The molecule has 3 rings (SSSR count). The molecule has 0 aliphatic carbocycles. The van der Waals surface area contributed by atoms with Gasteiger partial charge in [-0.25, -0.2) is 9.48 Å². The summed E-state index contributed by atoms with van der Waals surface area (Å²) < 4.78 is 11.8. The number of methoxy groups -OCH3 is 1. The van der Waals surface area contributed by atoms with E-state index in [4.69, 9.17) is 15.2 Å². The van der Waals surface area contributed by atoms with Gasteiger partial charge in [-0.1, -0.05) is 18.2 Å². The number of likely N-dealkylation sites (tertiary alicyclic amines) is 1. The Labute approximate surface area is 162 Å². The van der Waals surface area contributed by atoms with Gasteiger partial charge in [-0.2, -0.15) is 5.10 Å². The van der Waals surface area contributed by atoms with Crippen molar-refractivity contribution in [3.63, 3.8) is 0 Å². The Morgan fingerprint density at radius 1 is 1.25 bits per heavy atom. The number of hydrogen-bond acceptors (Lipinski definition) is 6. The van der Waals surface area contributed by atoms with E-state index in [2.05, 4.69) is 5.10 Å². The first-order valence-corrected chi connectivity index (χ1v) is 8.93. The number of carbonyl (C=O) groups excluding carboxylic acids is 3. The summed E-state index contributed by atoms with van der Waals surface area (Å²) in [6, 6.07) is 9.22. The lowest BCUT2D eigenvalue weighted by atomic mass is 9.97. The molecular formula is C19H22N4O5. The number of ether oxygens (including phenoxy) is 2. The topological polar surface area (TPSA) is 117 Å². The average molecular weight is 386 g/mol. The molecule has 9 heteroatoms. The van der Waals surface area contributed by atoms with Gasteiger partial charge in [0, 0.05) is 13.1 Å². The Bertz CT molecular complexity index is 864. The minimum absolute atomic E-state index is 0.0205. The monoisotopic (exact) mass is 386 g/mol. The number of nitrogens with zero attached hydrogens (tertiary/aromatic N) is 3. The lowest BCUT2D eigenvalue weighted by Crippen LogP contribution is -2.45. The van der Waals surface area contributed by atoms with E-state index >= 15 is 0 Å². The maximum absolute atomic E-state index is 12.4. The molecule has 0 spiro atoms. The second kappa shape index (κ2) is 8.55. The second-order valence-corrected chi connectivity index (χ2v) is 6.48. The lowest BCUT2D eigenvalue weighted by molar-refractivity contribution is -0.137. The summed E-state index contributed by atoms with van der Waals surface area (Å²) in [5.74, 6) is -1.68. The van der Waals surface area contributed by atoms with Crippen molar-refractivity contribution in [2.24, 2.45) is 11.7 Å². The molecule has 1 aromatic heterocycles. The maximum atomic E-state index is 12.4. The quantitative estimate of drug-likeness (QED) is 0.733. The standard InChI is InChI=1S/C19H22N4O5/c1-27-15-11-23(14-7-3-2-4-8-14)21-17(15)19(26)28-12-16(24)22-9-5-6-13(10-22)18(20)25/h2-4,7-8,11,13H,5-6,9-10,12H2,1H3,(H2,20,25)/t13-/m0/s1. The van der Waals surface area contributed by atoms with Crippen LogP contribution in [-0.4, -0.2) is 59.3 Å². The van der Waals surface area contributed by atoms with E-state index in [0.29, 0.717) is 19.4 Å². The molecule has 1 aromatic carbocycles. The van der Waals surface area contributed by atoms with Crippen LogP contribution in [0.5, 0.6) is 5.75 Å². The van der Waals surface area contributed by atoms with E-state index in [0.717, 1.165) is 5.69 Å². The van der Waals surface area contributed by atoms with Gasteiger partial charge in [-0.3, -0.25) is 9.59 Å². The number of rotatable bonds is 6. The van der Waals surface area contributed by atoms with Crippen molar-refractivity contribution in [1.29, 1.82) is 0 Å². The predicted octanol–water partition coefficient (Wildman–Crippen LogP) is 0.762. The molecular weight excluding hydrogens is 364 g/mol. The first kappa shape index (κ1) is 19.4. The number of piperidine rings is 1. The van der Waals surface area contributed by atoms with Crippen molar-refractivity contribution in [3.05, 3.63) is 42.2 Å². The van der Waals surface area contributed by atoms with Gasteiger partial charge in [0.25, 0.3) is 5.91 Å². The Kier molecular flexibility index (Phi) is 5.93. The fraction of sp³-hybridized carbons (Fsp3) is 0.368. The van der Waals surface area contributed by atoms with Crippen LogP contribution in [-0.2, 0) is 14.3 Å². The fourth-order valence-electron chi connectivity index (χ4n) is 3.08. The van der Waals surface area contributed by atoms with Gasteiger partial charge in [-0.15, -0.1) is 0 Å². The first-order chi connectivity index (χ1) is 13.5. The Morgan fingerprint density at radius 2 is 2.00 bits per heavy atom. The summed E-state index contributed by atoms with van der Waals surface area (Å²) in [5.41, 5.74) is 6.05. The minimum Gasteiger partial charge on any atom is -0.493 e. The molecule has 28 heavy (non-hydrogen) atoms. The maximum Gasteiger partial charge on any atom is 0.363 e. The number of nitrogens with two attached hydrogens (primary N) is 1. The van der Waals surface area contributed by atoms with E-state index in [9.17, 15) is 14.4 Å². The summed E-state index contributed by atoms with van der Waals surface area (Å²) in [4.78, 5) is 37.6. The third kappa shape index (κ3) is 4.30. The second-order valence-electron chi connectivity index (χ2n) is 6.48. The normalized spacial score (nSPS) is 16.5. The summed E-state index contributed by atoms with van der Waals surface area (Å²) in [7, 11) is 1.42. The molecule has 2 amide bonds. The van der Waals surface area contributed by atoms with Gasteiger partial charge < -0.3 is 20.1 Å². The molecule has 9 nitrogen and oxygen atoms in total. The van der Waals surface area contributed by atoms with Crippen molar-refractivity contribution >= 4 is 17.8 Å². The lowest BCUT2D eigenvalue weighted by Gasteiger charge is -2.30. The van der Waals surface area contributed by atoms with Gasteiger partial charge in [0.05, 0.1) is 24.9 Å². The SMILES string of the molecule is COc1cn(-c2ccccc2)nc1C(=O)OCC(=O)N1CCC[C@H](C(N)=O)C1. The highest BCUT2D eigenvalue weighted by Crippen LogP contribution is 2.21. The number of esters is 1. The van der Waals surface area contributed by atoms with Gasteiger partial charge in [0.1, 0.15) is 0 Å². The molecule has 0 radical (unpaired) electrons. The molecule has 2 heterocycles. The predicted molar refractivity (Wildman–Crippen MR) is 98.9 cm³/mol. The molecule has 0 saturated carbocycles. The number of primary amides is 1. The molecule has 1 atom stereocenters. The number of para-hydroxylation sites is 1. The zero-order valence-electron chi connectivity index (χ0n) is 15.5. The van der Waals surface area contributed by atoms with E-state index < -0.39 is 18.5 Å². The van der Waals surface area contributed by atoms with Crippen LogP contribution in [0.2, 0.25) is 0 Å². The van der Waals surface area contributed by atoms with E-state index in [1.54, 1.807) is 6.20 Å². The Balaban J connectivity index is 1.64. The van der Waals surface area contributed by atoms with Crippen LogP contribution in [0.3, 0.4) is 0 Å². The number of benzene rings is 1. The van der Waals surface area contributed by atoms with Gasteiger partial charge in [0.15, 0.2) is 12.4 Å². The molecule has 148 valence electrons. The zero-order chi connectivity index (χ0) is 20.1. The summed E-state index contributed by atoms with van der Waals surface area (Å²) in [6.07, 6.45) is 2.91. The van der Waals surface area contributed by atoms with Crippen molar-refractivity contribution < 1.29 is 23.9 Å². The van der Waals surface area contributed by atoms with Gasteiger partial charge >= 0.3 is 5.97 Å². The third-order valence-corrected chi connectivity index (χ3v) is 4.62. The fourth-order valence-corrected chi connectivity index (χ4v) is 3.08. The molecule has 1 fully saturated rings. The highest BCUT2D eigenvalue weighted by molar-refractivity contribution is 5.92. The van der Waals surface area contributed by atoms with E-state index in [1.807, 2.05) is 30.3 Å². The zero-order valence-corrected chi connectivity index (χ0v) is 15.5. The Morgan fingerprint density at radius 3 is 2.68 bits per heavy atom. The average Bonchev–Trinajstić information content (AvgIpc) is 3.17. The smallest absolute Gasteiger partial charge is 0.363 e. The van der Waals surface area contributed by atoms with Crippen molar-refractivity contribution in [3.8, 4) is 11.4 Å². The van der Waals surface area contributed by atoms with Crippen molar-refractivity contribution in [1.82, 2.24) is 14.7 Å². The summed E-state index contributed by atoms with van der Waals surface area (Å²) in [5, 5.41) is 4.21. The van der Waals surface area contributed by atoms with Crippen LogP contribution in [0.4, 0.5) is 0 Å². The molecule has 2 aromatic rings. The summed E-state index contributed by atoms with van der Waals surface area (Å²) in [6.45, 7) is 0.315. The van der Waals surface area contributed by atoms with Crippen molar-refractivity contribution in [2.75, 3.05) is 26.8 Å². The number of hydrogen-bond donors (Lipinski definition) is 1. The highest BCUT2D eigenvalue weighted by Gasteiger charge is 2.28.